The second-order valence-corrected chi connectivity index (χ2v) is 9.25. The van der Waals surface area contributed by atoms with E-state index in [9.17, 15) is 4.79 Å². The van der Waals surface area contributed by atoms with Gasteiger partial charge in [-0.3, -0.25) is 4.79 Å². The Kier molecular flexibility index (Phi) is 4.63. The van der Waals surface area contributed by atoms with Crippen molar-refractivity contribution in [2.75, 3.05) is 12.4 Å². The zero-order valence-electron chi connectivity index (χ0n) is 17.6. The highest BCUT2D eigenvalue weighted by molar-refractivity contribution is 6.30. The third kappa shape index (κ3) is 3.41. The fraction of sp³-hybridized carbons (Fsp3) is 0.292. The van der Waals surface area contributed by atoms with Crippen molar-refractivity contribution in [3.05, 3.63) is 70.4 Å². The minimum absolute atomic E-state index is 0.116. The number of rotatable bonds is 3. The molecule has 0 amide bonds. The Morgan fingerprint density at radius 1 is 1.13 bits per heavy atom. The molecule has 2 heterocycles. The first-order valence-electron chi connectivity index (χ1n) is 10.2. The van der Waals surface area contributed by atoms with Gasteiger partial charge in [0.05, 0.1) is 7.11 Å². The van der Waals surface area contributed by atoms with Gasteiger partial charge in [0.15, 0.2) is 11.6 Å². The van der Waals surface area contributed by atoms with Crippen molar-refractivity contribution in [2.45, 2.75) is 32.7 Å². The Labute approximate surface area is 185 Å². The summed E-state index contributed by atoms with van der Waals surface area (Å²) in [5, 5.41) is 8.86. The van der Waals surface area contributed by atoms with E-state index in [0.29, 0.717) is 29.0 Å². The summed E-state index contributed by atoms with van der Waals surface area (Å²) >= 11 is 6.05. The molecule has 7 heteroatoms. The van der Waals surface area contributed by atoms with Gasteiger partial charge in [-0.25, -0.2) is 4.68 Å². The van der Waals surface area contributed by atoms with Crippen molar-refractivity contribution < 1.29 is 9.53 Å². The van der Waals surface area contributed by atoms with E-state index in [4.69, 9.17) is 26.4 Å². The van der Waals surface area contributed by atoms with Crippen molar-refractivity contribution in [3.8, 4) is 17.1 Å². The Hall–Kier alpha value is -3.12. The van der Waals surface area contributed by atoms with Crippen molar-refractivity contribution in [3.63, 3.8) is 0 Å². The number of methoxy groups -OCH3 is 1. The maximum atomic E-state index is 13.3. The Bertz CT molecular complexity index is 1210. The van der Waals surface area contributed by atoms with Crippen LogP contribution in [-0.2, 0) is 4.79 Å². The maximum Gasteiger partial charge on any atom is 0.226 e. The van der Waals surface area contributed by atoms with Gasteiger partial charge in [0, 0.05) is 33.8 Å². The first-order chi connectivity index (χ1) is 14.9. The molecule has 158 valence electrons. The number of fused-ring (bicyclic) bond motifs is 1. The second kappa shape index (κ2) is 7.24. The van der Waals surface area contributed by atoms with Crippen LogP contribution in [0.5, 0.6) is 5.75 Å². The highest BCUT2D eigenvalue weighted by Gasteiger charge is 2.42. The number of ketones is 1. The van der Waals surface area contributed by atoms with Crippen molar-refractivity contribution in [2.24, 2.45) is 5.41 Å². The van der Waals surface area contributed by atoms with Crippen LogP contribution in [0.25, 0.3) is 11.4 Å². The molecule has 1 aromatic heterocycles. The van der Waals surface area contributed by atoms with Crippen LogP contribution in [0.4, 0.5) is 5.95 Å². The number of nitrogens with zero attached hydrogens (tertiary/aromatic N) is 3. The lowest BCUT2D eigenvalue weighted by Crippen LogP contribution is -2.36. The largest absolute Gasteiger partial charge is 0.496 e. The van der Waals surface area contributed by atoms with Gasteiger partial charge in [-0.05, 0) is 42.2 Å². The predicted octanol–water partition coefficient (Wildman–Crippen LogP) is 5.27. The predicted molar refractivity (Wildman–Crippen MR) is 120 cm³/mol. The van der Waals surface area contributed by atoms with Crippen LogP contribution in [0, 0.1) is 5.41 Å². The number of ether oxygens (including phenoxy) is 1. The highest BCUT2D eigenvalue weighted by atomic mass is 35.5. The molecule has 31 heavy (non-hydrogen) atoms. The Morgan fingerprint density at radius 3 is 2.61 bits per heavy atom. The lowest BCUT2D eigenvalue weighted by molar-refractivity contribution is -0.118. The van der Waals surface area contributed by atoms with Gasteiger partial charge in [-0.15, -0.1) is 5.10 Å². The smallest absolute Gasteiger partial charge is 0.226 e. The lowest BCUT2D eigenvalue weighted by atomic mass is 9.73. The number of halogens is 1. The van der Waals surface area contributed by atoms with E-state index in [1.54, 1.807) is 11.8 Å². The van der Waals surface area contributed by atoms with E-state index in [0.717, 1.165) is 28.8 Å². The van der Waals surface area contributed by atoms with Gasteiger partial charge in [0.1, 0.15) is 11.8 Å². The third-order valence-electron chi connectivity index (χ3n) is 5.87. The second-order valence-electron chi connectivity index (χ2n) is 8.81. The molecule has 0 saturated carbocycles. The molecule has 1 unspecified atom stereocenters. The number of hydrogen-bond donors (Lipinski definition) is 1. The van der Waals surface area contributed by atoms with Gasteiger partial charge in [-0.1, -0.05) is 43.6 Å². The molecule has 1 N–H and O–H groups in total. The summed E-state index contributed by atoms with van der Waals surface area (Å²) in [6, 6.07) is 14.8. The van der Waals surface area contributed by atoms with Crippen molar-refractivity contribution in [1.82, 2.24) is 14.8 Å². The number of hydrogen-bond acceptors (Lipinski definition) is 5. The number of para-hydroxylation sites is 1. The minimum atomic E-state index is -0.403. The average molecular weight is 435 g/mol. The molecule has 6 nitrogen and oxygen atoms in total. The molecular formula is C24H23ClN4O2. The molecule has 0 fully saturated rings. The Balaban J connectivity index is 1.70. The van der Waals surface area contributed by atoms with Crippen LogP contribution in [0.2, 0.25) is 5.02 Å². The fourth-order valence-corrected chi connectivity index (χ4v) is 4.64. The first-order valence-corrected chi connectivity index (χ1v) is 10.6. The highest BCUT2D eigenvalue weighted by Crippen LogP contribution is 2.47. The lowest BCUT2D eigenvalue weighted by Gasteiger charge is -2.38. The summed E-state index contributed by atoms with van der Waals surface area (Å²) < 4.78 is 7.45. The Morgan fingerprint density at radius 2 is 1.87 bits per heavy atom. The van der Waals surface area contributed by atoms with Crippen molar-refractivity contribution >= 4 is 23.3 Å². The molecule has 3 aromatic rings. The topological polar surface area (TPSA) is 69.0 Å². The van der Waals surface area contributed by atoms with E-state index in [1.165, 1.54) is 0 Å². The fourth-order valence-electron chi connectivity index (χ4n) is 4.51. The molecule has 1 atom stereocenters. The molecule has 1 aliphatic heterocycles. The summed E-state index contributed by atoms with van der Waals surface area (Å²) in [5.74, 6) is 2.04. The molecule has 0 bridgehead atoms. The minimum Gasteiger partial charge on any atom is -0.496 e. The number of carbonyl (C=O) groups excluding carboxylic acids is 1. The zero-order valence-corrected chi connectivity index (χ0v) is 18.4. The molecule has 2 aromatic carbocycles. The number of allylic oxidation sites excluding steroid dienone is 2. The van der Waals surface area contributed by atoms with Gasteiger partial charge in [-0.2, -0.15) is 4.98 Å². The number of carbonyl (C=O) groups is 1. The molecular weight excluding hydrogens is 412 g/mol. The van der Waals surface area contributed by atoms with E-state index >= 15 is 0 Å². The van der Waals surface area contributed by atoms with Crippen molar-refractivity contribution in [1.29, 1.82) is 0 Å². The number of Topliss-reactive ketones (excluding diaryl/α,β-unsaturated/α-hetero) is 1. The molecule has 0 radical (unpaired) electrons. The van der Waals surface area contributed by atoms with Gasteiger partial charge in [0.25, 0.3) is 0 Å². The number of benzene rings is 2. The van der Waals surface area contributed by atoms with Gasteiger partial charge >= 0.3 is 0 Å². The van der Waals surface area contributed by atoms with E-state index in [-0.39, 0.29) is 11.2 Å². The van der Waals surface area contributed by atoms with Crippen LogP contribution in [0.1, 0.15) is 38.3 Å². The third-order valence-corrected chi connectivity index (χ3v) is 6.12. The zero-order chi connectivity index (χ0) is 21.8. The van der Waals surface area contributed by atoms with Gasteiger partial charge in [0.2, 0.25) is 5.95 Å². The molecule has 0 spiro atoms. The normalized spacial score (nSPS) is 19.5. The molecule has 5 rings (SSSR count). The van der Waals surface area contributed by atoms with Gasteiger partial charge < -0.3 is 10.1 Å². The van der Waals surface area contributed by atoms with Crippen LogP contribution >= 0.6 is 11.6 Å². The van der Waals surface area contributed by atoms with Crippen LogP contribution < -0.4 is 10.1 Å². The summed E-state index contributed by atoms with van der Waals surface area (Å²) in [6.45, 7) is 4.24. The number of anilines is 1. The average Bonchev–Trinajstić information content (AvgIpc) is 3.15. The summed E-state index contributed by atoms with van der Waals surface area (Å²) in [7, 11) is 1.64. The molecule has 1 aliphatic carbocycles. The van der Waals surface area contributed by atoms with E-state index in [2.05, 4.69) is 19.2 Å². The summed E-state index contributed by atoms with van der Waals surface area (Å²) in [5.41, 5.74) is 3.29. The van der Waals surface area contributed by atoms with E-state index in [1.807, 2.05) is 48.5 Å². The van der Waals surface area contributed by atoms with Crippen LogP contribution in [0.3, 0.4) is 0 Å². The monoisotopic (exact) mass is 434 g/mol. The number of nitrogens with one attached hydrogen (secondary N) is 1. The maximum absolute atomic E-state index is 13.3. The summed E-state index contributed by atoms with van der Waals surface area (Å²) in [4.78, 5) is 18.1. The standard InChI is InChI=1S/C24H23ClN4O2/c1-24(2)12-17-20(18(30)13-24)21(16-6-4-5-7-19(16)31-3)29-23(26-17)27-22(28-29)14-8-10-15(25)11-9-14/h4-11,21H,12-13H2,1-3H3,(H,26,27,28). The SMILES string of the molecule is COc1ccccc1C1C2=C(CC(C)(C)CC2=O)Nc2nc(-c3ccc(Cl)cc3)nn21. The first kappa shape index (κ1) is 19.8. The van der Waals surface area contributed by atoms with Crippen LogP contribution in [-0.4, -0.2) is 27.7 Å². The quantitative estimate of drug-likeness (QED) is 0.608. The summed E-state index contributed by atoms with van der Waals surface area (Å²) in [6.07, 6.45) is 1.26. The van der Waals surface area contributed by atoms with Crippen LogP contribution in [0.15, 0.2) is 59.8 Å². The number of aromatic nitrogens is 3. The molecule has 2 aliphatic rings. The van der Waals surface area contributed by atoms with E-state index < -0.39 is 6.04 Å². The molecule has 0 saturated heterocycles.